The lowest BCUT2D eigenvalue weighted by molar-refractivity contribution is -0.123. The molecule has 3 unspecified atom stereocenters. The second kappa shape index (κ2) is 8.31. The number of carbonyl (C=O) groups excluding carboxylic acids is 2. The smallest absolute Gasteiger partial charge is 0.222 e. The van der Waals surface area contributed by atoms with E-state index >= 15 is 0 Å². The van der Waals surface area contributed by atoms with Crippen LogP contribution in [0.15, 0.2) is 24.3 Å². The number of benzene rings is 1. The average molecular weight is 339 g/mol. The summed E-state index contributed by atoms with van der Waals surface area (Å²) in [6, 6.07) is 6.68. The molecule has 6 heteroatoms. The van der Waals surface area contributed by atoms with E-state index in [1.54, 1.807) is 24.3 Å². The zero-order valence-electron chi connectivity index (χ0n) is 13.2. The Hall–Kier alpha value is -1.59. The number of amides is 2. The van der Waals surface area contributed by atoms with Crippen molar-refractivity contribution in [2.24, 2.45) is 5.92 Å². The van der Waals surface area contributed by atoms with E-state index < -0.39 is 6.04 Å². The Balaban J connectivity index is 1.92. The molecule has 3 atom stereocenters. The SMILES string of the molecule is CC(=O)NC(CC(=O)NCC1CCCC1O)c1ccc(Cl)cc1. The Morgan fingerprint density at radius 2 is 2.00 bits per heavy atom. The molecular weight excluding hydrogens is 316 g/mol. The van der Waals surface area contributed by atoms with Crippen LogP contribution in [0, 0.1) is 5.92 Å². The molecule has 23 heavy (non-hydrogen) atoms. The fourth-order valence-electron chi connectivity index (χ4n) is 2.95. The fraction of sp³-hybridized carbons (Fsp3) is 0.529. The Bertz CT molecular complexity index is 547. The zero-order valence-corrected chi connectivity index (χ0v) is 14.0. The number of hydrogen-bond donors (Lipinski definition) is 3. The Morgan fingerprint density at radius 1 is 1.30 bits per heavy atom. The molecule has 3 N–H and O–H groups in total. The first-order valence-corrected chi connectivity index (χ1v) is 8.31. The Labute approximate surface area is 141 Å². The minimum absolute atomic E-state index is 0.133. The molecule has 0 aromatic heterocycles. The van der Waals surface area contributed by atoms with E-state index in [1.165, 1.54) is 6.92 Å². The van der Waals surface area contributed by atoms with Crippen molar-refractivity contribution in [3.8, 4) is 0 Å². The maximum Gasteiger partial charge on any atom is 0.222 e. The van der Waals surface area contributed by atoms with Crippen LogP contribution in [0.4, 0.5) is 0 Å². The van der Waals surface area contributed by atoms with Crippen molar-refractivity contribution < 1.29 is 14.7 Å². The molecule has 0 radical (unpaired) electrons. The lowest BCUT2D eigenvalue weighted by atomic mass is 10.0. The van der Waals surface area contributed by atoms with Crippen LogP contribution in [-0.4, -0.2) is 29.6 Å². The summed E-state index contributed by atoms with van der Waals surface area (Å²) in [5, 5.41) is 16.0. The molecule has 5 nitrogen and oxygen atoms in total. The van der Waals surface area contributed by atoms with Crippen molar-refractivity contribution in [1.82, 2.24) is 10.6 Å². The highest BCUT2D eigenvalue weighted by Crippen LogP contribution is 2.25. The van der Waals surface area contributed by atoms with E-state index in [9.17, 15) is 14.7 Å². The molecule has 1 aliphatic rings. The van der Waals surface area contributed by atoms with E-state index in [1.807, 2.05) is 0 Å². The quantitative estimate of drug-likeness (QED) is 0.744. The van der Waals surface area contributed by atoms with Crippen molar-refractivity contribution in [3.63, 3.8) is 0 Å². The summed E-state index contributed by atoms with van der Waals surface area (Å²) in [5.74, 6) is -0.199. The zero-order chi connectivity index (χ0) is 16.8. The van der Waals surface area contributed by atoms with E-state index in [0.29, 0.717) is 11.6 Å². The monoisotopic (exact) mass is 338 g/mol. The predicted octanol–water partition coefficient (Wildman–Crippen LogP) is 2.18. The van der Waals surface area contributed by atoms with E-state index in [0.717, 1.165) is 24.8 Å². The molecule has 1 aliphatic carbocycles. The van der Waals surface area contributed by atoms with Crippen LogP contribution in [0.2, 0.25) is 5.02 Å². The van der Waals surface area contributed by atoms with Crippen molar-refractivity contribution in [2.75, 3.05) is 6.54 Å². The maximum absolute atomic E-state index is 12.2. The van der Waals surface area contributed by atoms with Crippen molar-refractivity contribution in [1.29, 1.82) is 0 Å². The van der Waals surface area contributed by atoms with Gasteiger partial charge in [-0.05, 0) is 30.5 Å². The van der Waals surface area contributed by atoms with Gasteiger partial charge in [0, 0.05) is 24.4 Å². The van der Waals surface area contributed by atoms with Crippen LogP contribution in [0.5, 0.6) is 0 Å². The van der Waals surface area contributed by atoms with Crippen LogP contribution < -0.4 is 10.6 Å². The molecule has 126 valence electrons. The standard InChI is InChI=1S/C17H23ClN2O3/c1-11(21)20-15(12-5-7-14(18)8-6-12)9-17(23)19-10-13-3-2-4-16(13)22/h5-8,13,15-16,22H,2-4,9-10H2,1H3,(H,19,23)(H,20,21). The molecule has 0 heterocycles. The number of carbonyl (C=O) groups is 2. The summed E-state index contributed by atoms with van der Waals surface area (Å²) in [6.45, 7) is 1.91. The van der Waals surface area contributed by atoms with Crippen LogP contribution in [-0.2, 0) is 9.59 Å². The predicted molar refractivity (Wildman–Crippen MR) is 89.0 cm³/mol. The van der Waals surface area contributed by atoms with Gasteiger partial charge in [0.2, 0.25) is 11.8 Å². The highest BCUT2D eigenvalue weighted by atomic mass is 35.5. The summed E-state index contributed by atoms with van der Waals surface area (Å²) < 4.78 is 0. The summed E-state index contributed by atoms with van der Waals surface area (Å²) in [7, 11) is 0. The third-order valence-corrected chi connectivity index (χ3v) is 4.47. The molecule has 0 aliphatic heterocycles. The van der Waals surface area contributed by atoms with Crippen molar-refractivity contribution in [2.45, 2.75) is 44.8 Å². The largest absolute Gasteiger partial charge is 0.393 e. The van der Waals surface area contributed by atoms with Gasteiger partial charge in [0.1, 0.15) is 0 Å². The van der Waals surface area contributed by atoms with E-state index in [4.69, 9.17) is 11.6 Å². The first-order chi connectivity index (χ1) is 11.0. The van der Waals surface area contributed by atoms with Gasteiger partial charge in [-0.15, -0.1) is 0 Å². The molecule has 1 aromatic carbocycles. The minimum Gasteiger partial charge on any atom is -0.393 e. The van der Waals surface area contributed by atoms with Gasteiger partial charge in [-0.25, -0.2) is 0 Å². The lowest BCUT2D eigenvalue weighted by Crippen LogP contribution is -2.36. The third-order valence-electron chi connectivity index (χ3n) is 4.22. The number of halogens is 1. The van der Waals surface area contributed by atoms with Crippen LogP contribution in [0.25, 0.3) is 0 Å². The summed E-state index contributed by atoms with van der Waals surface area (Å²) >= 11 is 5.87. The van der Waals surface area contributed by atoms with Crippen molar-refractivity contribution >= 4 is 23.4 Å². The summed E-state index contributed by atoms with van der Waals surface area (Å²) in [6.07, 6.45) is 2.58. The minimum atomic E-state index is -0.390. The van der Waals surface area contributed by atoms with Gasteiger partial charge in [-0.1, -0.05) is 30.2 Å². The molecule has 0 bridgehead atoms. The normalized spacial score (nSPS) is 21.7. The topological polar surface area (TPSA) is 78.4 Å². The Morgan fingerprint density at radius 3 is 2.57 bits per heavy atom. The maximum atomic E-state index is 12.2. The summed E-state index contributed by atoms with van der Waals surface area (Å²) in [4.78, 5) is 23.6. The third kappa shape index (κ3) is 5.52. The number of hydrogen-bond acceptors (Lipinski definition) is 3. The summed E-state index contributed by atoms with van der Waals surface area (Å²) in [5.41, 5.74) is 0.834. The van der Waals surface area contributed by atoms with Gasteiger partial charge in [-0.3, -0.25) is 9.59 Å². The van der Waals surface area contributed by atoms with Gasteiger partial charge in [0.25, 0.3) is 0 Å². The first-order valence-electron chi connectivity index (χ1n) is 7.93. The molecule has 2 amide bonds. The van der Waals surface area contributed by atoms with Crippen LogP contribution in [0.1, 0.15) is 44.2 Å². The van der Waals surface area contributed by atoms with Gasteiger partial charge in [0.05, 0.1) is 18.6 Å². The molecular formula is C17H23ClN2O3. The molecule has 2 rings (SSSR count). The average Bonchev–Trinajstić information content (AvgIpc) is 2.90. The highest BCUT2D eigenvalue weighted by molar-refractivity contribution is 6.30. The van der Waals surface area contributed by atoms with Crippen molar-refractivity contribution in [3.05, 3.63) is 34.9 Å². The van der Waals surface area contributed by atoms with Crippen LogP contribution >= 0.6 is 11.6 Å². The van der Waals surface area contributed by atoms with Crippen LogP contribution in [0.3, 0.4) is 0 Å². The number of aliphatic hydroxyl groups is 1. The number of aliphatic hydroxyl groups excluding tert-OH is 1. The molecule has 1 fully saturated rings. The van der Waals surface area contributed by atoms with Gasteiger partial charge < -0.3 is 15.7 Å². The number of nitrogens with one attached hydrogen (secondary N) is 2. The van der Waals surface area contributed by atoms with Gasteiger partial charge in [-0.2, -0.15) is 0 Å². The second-order valence-corrected chi connectivity index (χ2v) is 6.51. The second-order valence-electron chi connectivity index (χ2n) is 6.07. The molecule has 0 saturated heterocycles. The van der Waals surface area contributed by atoms with Gasteiger partial charge >= 0.3 is 0 Å². The number of rotatable bonds is 6. The van der Waals surface area contributed by atoms with Gasteiger partial charge in [0.15, 0.2) is 0 Å². The van der Waals surface area contributed by atoms with E-state index in [2.05, 4.69) is 10.6 Å². The van der Waals surface area contributed by atoms with E-state index in [-0.39, 0.29) is 30.3 Å². The first kappa shape index (κ1) is 17.8. The Kier molecular flexibility index (Phi) is 6.42. The fourth-order valence-corrected chi connectivity index (χ4v) is 3.08. The molecule has 0 spiro atoms. The molecule has 1 saturated carbocycles. The highest BCUT2D eigenvalue weighted by Gasteiger charge is 2.26. The molecule has 1 aromatic rings. The lowest BCUT2D eigenvalue weighted by Gasteiger charge is -2.20.